The number of methoxy groups -OCH3 is 1. The van der Waals surface area contributed by atoms with Crippen LogP contribution in [0, 0.1) is 0 Å². The predicted molar refractivity (Wildman–Crippen MR) is 122 cm³/mol. The number of pyridine rings is 1. The molecule has 0 unspecified atom stereocenters. The van der Waals surface area contributed by atoms with Crippen LogP contribution in [-0.4, -0.2) is 44.4 Å². The van der Waals surface area contributed by atoms with Crippen molar-refractivity contribution in [3.63, 3.8) is 0 Å². The molecule has 2 aromatic rings. The summed E-state index contributed by atoms with van der Waals surface area (Å²) < 4.78 is 12.7. The number of hydrogen-bond donors (Lipinski definition) is 2. The molecule has 7 nitrogen and oxygen atoms in total. The molecule has 1 aromatic carbocycles. The molecule has 0 aliphatic carbocycles. The largest absolute Gasteiger partial charge is 0.493 e. The molecule has 0 spiro atoms. The van der Waals surface area contributed by atoms with Crippen molar-refractivity contribution in [3.8, 4) is 11.5 Å². The van der Waals surface area contributed by atoms with Gasteiger partial charge in [0.05, 0.1) is 13.7 Å². The van der Waals surface area contributed by atoms with Gasteiger partial charge in [0, 0.05) is 38.9 Å². The van der Waals surface area contributed by atoms with Crippen molar-refractivity contribution in [3.05, 3.63) is 58.5 Å². The van der Waals surface area contributed by atoms with Gasteiger partial charge >= 0.3 is 0 Å². The molecule has 0 amide bonds. The summed E-state index contributed by atoms with van der Waals surface area (Å²) in [6.07, 6.45) is 5.66. The number of aliphatic imine (C=N–C) groups is 1. The first-order chi connectivity index (χ1) is 14.7. The van der Waals surface area contributed by atoms with Crippen molar-refractivity contribution < 1.29 is 9.47 Å². The van der Waals surface area contributed by atoms with E-state index in [9.17, 15) is 4.79 Å². The Bertz CT molecular complexity index is 848. The minimum absolute atomic E-state index is 0.0492. The number of unbranched alkanes of at least 4 members (excludes halogenated alkanes) is 1. The average Bonchev–Trinajstić information content (AvgIpc) is 2.76. The summed E-state index contributed by atoms with van der Waals surface area (Å²) in [5.74, 6) is 2.36. The molecule has 0 radical (unpaired) electrons. The van der Waals surface area contributed by atoms with Crippen molar-refractivity contribution in [2.45, 2.75) is 39.2 Å². The van der Waals surface area contributed by atoms with Crippen LogP contribution in [0.25, 0.3) is 0 Å². The highest BCUT2D eigenvalue weighted by atomic mass is 16.5. The smallest absolute Gasteiger partial charge is 0.250 e. The summed E-state index contributed by atoms with van der Waals surface area (Å²) >= 11 is 0. The molecule has 0 saturated heterocycles. The zero-order valence-corrected chi connectivity index (χ0v) is 18.3. The fourth-order valence-corrected chi connectivity index (χ4v) is 3.12. The molecule has 7 heteroatoms. The van der Waals surface area contributed by atoms with Crippen LogP contribution in [0.3, 0.4) is 0 Å². The fraction of sp³-hybridized carbons (Fsp3) is 0.478. The topological polar surface area (TPSA) is 76.9 Å². The first kappa shape index (κ1) is 23.3. The van der Waals surface area contributed by atoms with Crippen LogP contribution < -0.4 is 25.7 Å². The van der Waals surface area contributed by atoms with Gasteiger partial charge in [-0.2, -0.15) is 0 Å². The van der Waals surface area contributed by atoms with Gasteiger partial charge in [0.2, 0.25) is 5.56 Å². The molecule has 0 aliphatic heterocycles. The van der Waals surface area contributed by atoms with Crippen LogP contribution in [-0.2, 0) is 13.0 Å². The second-order valence-electron chi connectivity index (χ2n) is 6.89. The van der Waals surface area contributed by atoms with E-state index < -0.39 is 0 Å². The highest BCUT2D eigenvalue weighted by Gasteiger charge is 2.05. The minimum Gasteiger partial charge on any atom is -0.493 e. The Hall–Kier alpha value is -2.96. The molecule has 0 aliphatic rings. The van der Waals surface area contributed by atoms with Gasteiger partial charge in [0.15, 0.2) is 17.5 Å². The number of nitrogens with zero attached hydrogens (tertiary/aromatic N) is 2. The van der Waals surface area contributed by atoms with E-state index in [1.807, 2.05) is 31.3 Å². The Balaban J connectivity index is 1.64. The molecule has 0 bridgehead atoms. The van der Waals surface area contributed by atoms with Gasteiger partial charge in [-0.3, -0.25) is 9.79 Å². The highest BCUT2D eigenvalue weighted by Crippen LogP contribution is 2.28. The summed E-state index contributed by atoms with van der Waals surface area (Å²) in [4.78, 5) is 15.9. The molecule has 2 N–H and O–H groups in total. The maximum Gasteiger partial charge on any atom is 0.250 e. The Morgan fingerprint density at radius 3 is 2.57 bits per heavy atom. The van der Waals surface area contributed by atoms with E-state index in [0.29, 0.717) is 6.61 Å². The number of benzene rings is 1. The van der Waals surface area contributed by atoms with Gasteiger partial charge in [-0.1, -0.05) is 12.1 Å². The number of guanidine groups is 1. The molecular weight excluding hydrogens is 380 g/mol. The molecule has 164 valence electrons. The Kier molecular flexibility index (Phi) is 10.3. The Morgan fingerprint density at radius 1 is 1.07 bits per heavy atom. The van der Waals surface area contributed by atoms with Crippen molar-refractivity contribution >= 4 is 5.96 Å². The quantitative estimate of drug-likeness (QED) is 0.317. The lowest BCUT2D eigenvalue weighted by atomic mass is 10.1. The number of nitrogens with one attached hydrogen (secondary N) is 2. The number of aromatic nitrogens is 1. The first-order valence-corrected chi connectivity index (χ1v) is 10.6. The summed E-state index contributed by atoms with van der Waals surface area (Å²) in [6.45, 7) is 4.97. The van der Waals surface area contributed by atoms with Crippen molar-refractivity contribution in [1.82, 2.24) is 15.2 Å². The van der Waals surface area contributed by atoms with Crippen molar-refractivity contribution in [2.75, 3.05) is 33.9 Å². The lowest BCUT2D eigenvalue weighted by Gasteiger charge is -2.13. The van der Waals surface area contributed by atoms with Gasteiger partial charge in [0.25, 0.3) is 0 Å². The highest BCUT2D eigenvalue weighted by molar-refractivity contribution is 5.79. The maximum atomic E-state index is 11.7. The molecule has 1 aromatic heterocycles. The Morgan fingerprint density at radius 2 is 1.87 bits per heavy atom. The monoisotopic (exact) mass is 414 g/mol. The normalized spacial score (nSPS) is 11.2. The van der Waals surface area contributed by atoms with Crippen LogP contribution in [0.1, 0.15) is 31.7 Å². The molecule has 1 heterocycles. The number of aryl methyl sites for hydroxylation is 2. The van der Waals surface area contributed by atoms with Crippen molar-refractivity contribution in [2.24, 2.45) is 4.99 Å². The van der Waals surface area contributed by atoms with Gasteiger partial charge in [-0.25, -0.2) is 0 Å². The molecular formula is C23H34N4O3. The third-order valence-corrected chi connectivity index (χ3v) is 4.70. The zero-order chi connectivity index (χ0) is 21.6. The molecule has 2 rings (SSSR count). The maximum absolute atomic E-state index is 11.7. The Labute approximate surface area is 179 Å². The lowest BCUT2D eigenvalue weighted by molar-refractivity contribution is 0.310. The van der Waals surface area contributed by atoms with E-state index in [-0.39, 0.29) is 5.56 Å². The summed E-state index contributed by atoms with van der Waals surface area (Å²) in [5.41, 5.74) is 1.27. The van der Waals surface area contributed by atoms with Crippen LogP contribution in [0.5, 0.6) is 11.5 Å². The van der Waals surface area contributed by atoms with E-state index in [4.69, 9.17) is 9.47 Å². The van der Waals surface area contributed by atoms with E-state index in [0.717, 1.165) is 62.8 Å². The van der Waals surface area contributed by atoms with E-state index in [1.54, 1.807) is 30.9 Å². The number of hydrogen-bond acceptors (Lipinski definition) is 4. The minimum atomic E-state index is 0.0492. The van der Waals surface area contributed by atoms with Crippen LogP contribution >= 0.6 is 0 Å². The fourth-order valence-electron chi connectivity index (χ4n) is 3.12. The van der Waals surface area contributed by atoms with Crippen molar-refractivity contribution in [1.29, 1.82) is 0 Å². The molecule has 30 heavy (non-hydrogen) atoms. The number of ether oxygens (including phenoxy) is 2. The first-order valence-electron chi connectivity index (χ1n) is 10.6. The van der Waals surface area contributed by atoms with Gasteiger partial charge in [0.1, 0.15) is 0 Å². The lowest BCUT2D eigenvalue weighted by Crippen LogP contribution is -2.38. The predicted octanol–water partition coefficient (Wildman–Crippen LogP) is 2.83. The molecule has 0 fully saturated rings. The average molecular weight is 415 g/mol. The third kappa shape index (κ3) is 7.81. The summed E-state index contributed by atoms with van der Waals surface area (Å²) in [5, 5.41) is 6.67. The van der Waals surface area contributed by atoms with Gasteiger partial charge < -0.3 is 24.7 Å². The standard InChI is InChI=1S/C23H34N4O3/c1-4-30-21-18-19(12-13-20(21)29-3)10-9-15-26-23(24-2)25-14-6-8-17-27-16-7-5-11-22(27)28/h5,7,11-13,16,18H,4,6,8-10,14-15,17H2,1-3H3,(H2,24,25,26). The van der Waals surface area contributed by atoms with Crippen LogP contribution in [0.4, 0.5) is 0 Å². The molecule has 0 saturated carbocycles. The SMILES string of the molecule is CCOc1cc(CCCNC(=NC)NCCCCn2ccccc2=O)ccc1OC. The van der Waals surface area contributed by atoms with E-state index in [2.05, 4.69) is 21.7 Å². The van der Waals surface area contributed by atoms with Gasteiger partial charge in [-0.05, 0) is 56.4 Å². The summed E-state index contributed by atoms with van der Waals surface area (Å²) in [7, 11) is 3.43. The second kappa shape index (κ2) is 13.3. The van der Waals surface area contributed by atoms with E-state index >= 15 is 0 Å². The van der Waals surface area contributed by atoms with Crippen LogP contribution in [0.2, 0.25) is 0 Å². The van der Waals surface area contributed by atoms with E-state index in [1.165, 1.54) is 5.56 Å². The van der Waals surface area contributed by atoms with Crippen LogP contribution in [0.15, 0.2) is 52.4 Å². The van der Waals surface area contributed by atoms with Gasteiger partial charge in [-0.15, -0.1) is 0 Å². The summed E-state index contributed by atoms with van der Waals surface area (Å²) in [6, 6.07) is 11.3. The number of rotatable bonds is 12. The third-order valence-electron chi connectivity index (χ3n) is 4.70. The second-order valence-corrected chi connectivity index (χ2v) is 6.89. The zero-order valence-electron chi connectivity index (χ0n) is 18.3. The molecule has 0 atom stereocenters.